The molecule has 0 amide bonds. The minimum absolute atomic E-state index is 0.00777. The molecule has 1 atom stereocenters. The van der Waals surface area contributed by atoms with Crippen molar-refractivity contribution in [1.29, 1.82) is 0 Å². The lowest BCUT2D eigenvalue weighted by atomic mass is 10.0. The molecule has 0 fully saturated rings. The molecule has 1 unspecified atom stereocenters. The van der Waals surface area contributed by atoms with Gasteiger partial charge in [-0.05, 0) is 19.3 Å². The van der Waals surface area contributed by atoms with E-state index in [0.717, 1.165) is 19.3 Å². The van der Waals surface area contributed by atoms with Gasteiger partial charge in [0.25, 0.3) is 0 Å². The summed E-state index contributed by atoms with van der Waals surface area (Å²) in [6.45, 7) is 7.78. The number of hydrogen-bond donors (Lipinski definition) is 1. The smallest absolute Gasteiger partial charge is 0.308 e. The number of aliphatic hydroxyl groups excluding tert-OH is 1. The van der Waals surface area contributed by atoms with Crippen LogP contribution in [0.5, 0.6) is 0 Å². The highest BCUT2D eigenvalue weighted by Gasteiger charge is 2.10. The zero-order valence-corrected chi connectivity index (χ0v) is 13.1. The van der Waals surface area contributed by atoms with E-state index in [-0.39, 0.29) is 12.6 Å². The van der Waals surface area contributed by atoms with Gasteiger partial charge in [-0.2, -0.15) is 0 Å². The molecule has 0 heterocycles. The standard InChI is InChI=1S/C15H30O5/c1-4-18-10-11-19-12-15(17)20-14(16)9-7-5-6-8-13(2)3/h13,15,17H,4-12H2,1-3H3. The second-order valence-corrected chi connectivity index (χ2v) is 5.21. The van der Waals surface area contributed by atoms with E-state index in [1.807, 2.05) is 6.92 Å². The second-order valence-electron chi connectivity index (χ2n) is 5.21. The molecule has 0 saturated carbocycles. The van der Waals surface area contributed by atoms with Crippen LogP contribution in [0.2, 0.25) is 0 Å². The summed E-state index contributed by atoms with van der Waals surface area (Å²) in [5.74, 6) is 0.341. The van der Waals surface area contributed by atoms with E-state index in [1.165, 1.54) is 6.42 Å². The molecule has 5 heteroatoms. The lowest BCUT2D eigenvalue weighted by Gasteiger charge is -2.12. The molecule has 1 N–H and O–H groups in total. The third-order valence-electron chi connectivity index (χ3n) is 2.77. The van der Waals surface area contributed by atoms with Crippen molar-refractivity contribution in [2.45, 2.75) is 59.2 Å². The summed E-state index contributed by atoms with van der Waals surface area (Å²) in [6, 6.07) is 0. The van der Waals surface area contributed by atoms with Crippen molar-refractivity contribution in [2.24, 2.45) is 5.92 Å². The minimum Gasteiger partial charge on any atom is -0.433 e. The maximum atomic E-state index is 11.4. The highest BCUT2D eigenvalue weighted by molar-refractivity contribution is 5.69. The zero-order valence-electron chi connectivity index (χ0n) is 13.1. The van der Waals surface area contributed by atoms with Crippen LogP contribution in [0.15, 0.2) is 0 Å². The Morgan fingerprint density at radius 2 is 1.80 bits per heavy atom. The molecule has 0 rings (SSSR count). The first-order valence-corrected chi connectivity index (χ1v) is 7.59. The molecule has 0 aromatic heterocycles. The van der Waals surface area contributed by atoms with Crippen molar-refractivity contribution < 1.29 is 24.1 Å². The number of carbonyl (C=O) groups is 1. The topological polar surface area (TPSA) is 65.0 Å². The van der Waals surface area contributed by atoms with Gasteiger partial charge in [0.15, 0.2) is 0 Å². The summed E-state index contributed by atoms with van der Waals surface area (Å²) >= 11 is 0. The fourth-order valence-electron chi connectivity index (χ4n) is 1.69. The normalized spacial score (nSPS) is 12.7. The number of ether oxygens (including phenoxy) is 3. The van der Waals surface area contributed by atoms with Gasteiger partial charge >= 0.3 is 5.97 Å². The highest BCUT2D eigenvalue weighted by atomic mass is 16.7. The molecule has 0 radical (unpaired) electrons. The molecule has 0 saturated heterocycles. The van der Waals surface area contributed by atoms with Gasteiger partial charge in [0.05, 0.1) is 13.2 Å². The molecule has 0 aromatic carbocycles. The maximum absolute atomic E-state index is 11.4. The summed E-state index contributed by atoms with van der Waals surface area (Å²) in [5.41, 5.74) is 0. The lowest BCUT2D eigenvalue weighted by molar-refractivity contribution is -0.177. The lowest BCUT2D eigenvalue weighted by Crippen LogP contribution is -2.24. The second kappa shape index (κ2) is 13.3. The highest BCUT2D eigenvalue weighted by Crippen LogP contribution is 2.10. The van der Waals surface area contributed by atoms with Crippen molar-refractivity contribution in [2.75, 3.05) is 26.4 Å². The monoisotopic (exact) mass is 290 g/mol. The van der Waals surface area contributed by atoms with E-state index in [9.17, 15) is 9.90 Å². The van der Waals surface area contributed by atoms with Gasteiger partial charge in [-0.15, -0.1) is 0 Å². The van der Waals surface area contributed by atoms with Crippen LogP contribution in [0, 0.1) is 5.92 Å². The Morgan fingerprint density at radius 3 is 2.45 bits per heavy atom. The zero-order chi connectivity index (χ0) is 15.2. The Labute approximate surface area is 122 Å². The van der Waals surface area contributed by atoms with Crippen LogP contribution in [-0.4, -0.2) is 43.8 Å². The Hall–Kier alpha value is -0.650. The van der Waals surface area contributed by atoms with Gasteiger partial charge in [-0.25, -0.2) is 0 Å². The Balaban J connectivity index is 3.40. The third-order valence-corrected chi connectivity index (χ3v) is 2.77. The Bertz CT molecular complexity index is 230. The van der Waals surface area contributed by atoms with Crippen LogP contribution in [0.3, 0.4) is 0 Å². The summed E-state index contributed by atoms with van der Waals surface area (Å²) < 4.78 is 15.0. The number of rotatable bonds is 13. The molecule has 120 valence electrons. The van der Waals surface area contributed by atoms with Crippen molar-refractivity contribution in [3.8, 4) is 0 Å². The van der Waals surface area contributed by atoms with Gasteiger partial charge in [-0.1, -0.05) is 33.1 Å². The minimum atomic E-state index is -1.18. The summed E-state index contributed by atoms with van der Waals surface area (Å²) in [4.78, 5) is 11.4. The predicted molar refractivity (Wildman–Crippen MR) is 77.3 cm³/mol. The molecular formula is C15H30O5. The van der Waals surface area contributed by atoms with E-state index in [0.29, 0.717) is 32.2 Å². The third kappa shape index (κ3) is 13.8. The van der Waals surface area contributed by atoms with Crippen molar-refractivity contribution in [1.82, 2.24) is 0 Å². The van der Waals surface area contributed by atoms with Crippen LogP contribution >= 0.6 is 0 Å². The summed E-state index contributed by atoms with van der Waals surface area (Å²) in [7, 11) is 0. The van der Waals surface area contributed by atoms with E-state index >= 15 is 0 Å². The van der Waals surface area contributed by atoms with Gasteiger partial charge in [0.2, 0.25) is 6.29 Å². The first-order chi connectivity index (χ1) is 9.56. The molecular weight excluding hydrogens is 260 g/mol. The van der Waals surface area contributed by atoms with Crippen molar-refractivity contribution >= 4 is 5.97 Å². The first kappa shape index (κ1) is 19.4. The van der Waals surface area contributed by atoms with Crippen LogP contribution < -0.4 is 0 Å². The van der Waals surface area contributed by atoms with Gasteiger partial charge < -0.3 is 19.3 Å². The largest absolute Gasteiger partial charge is 0.433 e. The van der Waals surface area contributed by atoms with Gasteiger partial charge in [0, 0.05) is 13.0 Å². The SMILES string of the molecule is CCOCCOCC(O)OC(=O)CCCCCC(C)C. The van der Waals surface area contributed by atoms with E-state index in [2.05, 4.69) is 13.8 Å². The predicted octanol–water partition coefficient (Wildman–Crippen LogP) is 2.51. The fourth-order valence-corrected chi connectivity index (χ4v) is 1.69. The number of esters is 1. The van der Waals surface area contributed by atoms with E-state index in [4.69, 9.17) is 14.2 Å². The van der Waals surface area contributed by atoms with Gasteiger partial charge in [-0.3, -0.25) is 4.79 Å². The Kier molecular flexibility index (Phi) is 12.9. The van der Waals surface area contributed by atoms with E-state index < -0.39 is 6.29 Å². The molecule has 20 heavy (non-hydrogen) atoms. The van der Waals surface area contributed by atoms with Gasteiger partial charge in [0.1, 0.15) is 6.61 Å². The number of carbonyl (C=O) groups excluding carboxylic acids is 1. The summed E-state index contributed by atoms with van der Waals surface area (Å²) in [6.07, 6.45) is 3.32. The number of hydrogen-bond acceptors (Lipinski definition) is 5. The van der Waals surface area contributed by atoms with Crippen LogP contribution in [0.25, 0.3) is 0 Å². The quantitative estimate of drug-likeness (QED) is 0.321. The fraction of sp³-hybridized carbons (Fsp3) is 0.933. The van der Waals surface area contributed by atoms with Crippen LogP contribution in [0.4, 0.5) is 0 Å². The molecule has 0 bridgehead atoms. The van der Waals surface area contributed by atoms with Crippen LogP contribution in [0.1, 0.15) is 52.9 Å². The van der Waals surface area contributed by atoms with E-state index in [1.54, 1.807) is 0 Å². The molecule has 0 aromatic rings. The van der Waals surface area contributed by atoms with Crippen molar-refractivity contribution in [3.05, 3.63) is 0 Å². The number of aliphatic hydroxyl groups is 1. The summed E-state index contributed by atoms with van der Waals surface area (Å²) in [5, 5.41) is 9.44. The molecule has 0 spiro atoms. The molecule has 0 aliphatic rings. The molecule has 0 aliphatic heterocycles. The average molecular weight is 290 g/mol. The van der Waals surface area contributed by atoms with Crippen LogP contribution in [-0.2, 0) is 19.0 Å². The molecule has 5 nitrogen and oxygen atoms in total. The first-order valence-electron chi connectivity index (χ1n) is 7.59. The average Bonchev–Trinajstić information content (AvgIpc) is 2.37. The number of unbranched alkanes of at least 4 members (excludes halogenated alkanes) is 2. The molecule has 0 aliphatic carbocycles. The maximum Gasteiger partial charge on any atom is 0.308 e. The van der Waals surface area contributed by atoms with Crippen molar-refractivity contribution in [3.63, 3.8) is 0 Å². The Morgan fingerprint density at radius 1 is 1.10 bits per heavy atom.